The molecule has 1 N–H and O–H groups in total. The van der Waals surface area contributed by atoms with Crippen LogP contribution in [0.3, 0.4) is 0 Å². The lowest BCUT2D eigenvalue weighted by Gasteiger charge is -2.16. The van der Waals surface area contributed by atoms with E-state index in [1.165, 1.54) is 5.00 Å². The number of para-hydroxylation sites is 1. The maximum atomic E-state index is 9.22. The minimum Gasteiger partial charge on any atom is -0.726 e. The summed E-state index contributed by atoms with van der Waals surface area (Å²) in [6.45, 7) is 6.30. The predicted molar refractivity (Wildman–Crippen MR) is 134 cm³/mol. The molecule has 0 unspecified atom stereocenters. The predicted octanol–water partition coefficient (Wildman–Crippen LogP) is 5.08. The fourth-order valence-corrected chi connectivity index (χ4v) is 4.39. The highest BCUT2D eigenvalue weighted by Crippen LogP contribution is 2.38. The van der Waals surface area contributed by atoms with Crippen LogP contribution in [-0.2, 0) is 21.6 Å². The molecule has 2 heterocycles. The second-order valence-corrected chi connectivity index (χ2v) is 9.31. The van der Waals surface area contributed by atoms with Crippen LogP contribution < -0.4 is 9.47 Å². The van der Waals surface area contributed by atoms with Crippen molar-refractivity contribution < 1.29 is 21.7 Å². The molecule has 0 aliphatic rings. The maximum absolute atomic E-state index is 9.22. The first kappa shape index (κ1) is 25.5. The summed E-state index contributed by atoms with van der Waals surface area (Å²) in [6.07, 6.45) is 2.12. The number of benzene rings is 2. The Kier molecular flexibility index (Phi) is 8.51. The van der Waals surface area contributed by atoms with Crippen molar-refractivity contribution in [1.29, 1.82) is 0 Å². The van der Waals surface area contributed by atoms with Crippen LogP contribution in [0.1, 0.15) is 13.8 Å². The van der Waals surface area contributed by atoms with Gasteiger partial charge < -0.3 is 14.4 Å². The van der Waals surface area contributed by atoms with Crippen molar-refractivity contribution in [2.24, 2.45) is 17.3 Å². The number of aromatic amines is 1. The summed E-state index contributed by atoms with van der Waals surface area (Å²) >= 11 is 1.66. The molecule has 0 spiro atoms. The Balaban J connectivity index is 0.000000481. The number of aromatic nitrogens is 2. The van der Waals surface area contributed by atoms with Crippen molar-refractivity contribution in [3.8, 4) is 11.3 Å². The molecule has 0 aliphatic carbocycles. The van der Waals surface area contributed by atoms with Crippen molar-refractivity contribution in [1.82, 2.24) is 4.98 Å². The molecule has 0 fully saturated rings. The van der Waals surface area contributed by atoms with E-state index in [1.807, 2.05) is 41.9 Å². The van der Waals surface area contributed by atoms with E-state index < -0.39 is 10.4 Å². The molecule has 180 valence electrons. The molecule has 0 saturated carbocycles. The molecular formula is C23H27N5O4S2. The first-order chi connectivity index (χ1) is 16.3. The van der Waals surface area contributed by atoms with E-state index in [0.717, 1.165) is 53.2 Å². The van der Waals surface area contributed by atoms with Crippen LogP contribution in [0.5, 0.6) is 0 Å². The quantitative estimate of drug-likeness (QED) is 0.164. The van der Waals surface area contributed by atoms with Crippen LogP contribution in [0.15, 0.2) is 71.0 Å². The molecule has 4 rings (SSSR count). The number of azo groups is 1. The zero-order valence-electron chi connectivity index (χ0n) is 19.4. The average Bonchev–Trinajstić information content (AvgIpc) is 3.39. The van der Waals surface area contributed by atoms with Gasteiger partial charge in [0.15, 0.2) is 0 Å². The Morgan fingerprint density at radius 1 is 1.06 bits per heavy atom. The number of H-pyrrole nitrogens is 1. The van der Waals surface area contributed by atoms with Crippen LogP contribution in [0.4, 0.5) is 15.8 Å². The van der Waals surface area contributed by atoms with Gasteiger partial charge in [-0.2, -0.15) is 0 Å². The molecule has 4 aromatic rings. The van der Waals surface area contributed by atoms with Crippen LogP contribution in [0.2, 0.25) is 0 Å². The molecule has 11 heteroatoms. The average molecular weight is 502 g/mol. The van der Waals surface area contributed by atoms with Crippen LogP contribution in [0, 0.1) is 0 Å². The molecule has 2 aromatic carbocycles. The number of fused-ring (bicyclic) bond motifs is 1. The third-order valence-electron chi connectivity index (χ3n) is 5.06. The number of anilines is 1. The van der Waals surface area contributed by atoms with Gasteiger partial charge in [0.2, 0.25) is 10.4 Å². The summed E-state index contributed by atoms with van der Waals surface area (Å²) in [4.78, 5) is 5.83. The third kappa shape index (κ3) is 6.26. The van der Waals surface area contributed by atoms with E-state index >= 15 is 0 Å². The molecule has 9 nitrogen and oxygen atoms in total. The number of aryl methyl sites for hydroxylation is 1. The summed E-state index contributed by atoms with van der Waals surface area (Å²) in [7, 11) is -1.59. The van der Waals surface area contributed by atoms with Crippen molar-refractivity contribution >= 4 is 48.5 Å². The zero-order chi connectivity index (χ0) is 24.7. The highest BCUT2D eigenvalue weighted by molar-refractivity contribution is 7.80. The van der Waals surface area contributed by atoms with Gasteiger partial charge in [-0.15, -0.1) is 0 Å². The first-order valence-corrected chi connectivity index (χ1v) is 12.8. The van der Waals surface area contributed by atoms with Crippen molar-refractivity contribution in [3.05, 3.63) is 60.8 Å². The van der Waals surface area contributed by atoms with Gasteiger partial charge in [0.1, 0.15) is 16.9 Å². The van der Waals surface area contributed by atoms with E-state index in [0.29, 0.717) is 0 Å². The lowest BCUT2D eigenvalue weighted by atomic mass is 10.1. The number of rotatable bonds is 7. The van der Waals surface area contributed by atoms with Gasteiger partial charge in [0.05, 0.1) is 25.0 Å². The number of hydrogen-bond acceptors (Lipinski definition) is 8. The summed E-state index contributed by atoms with van der Waals surface area (Å²) in [5.74, 6) is 0. The SMILES string of the molecule is CCN(CC)c1c[n+](C)c(N=Nc2c(-c3ccccc3)[nH]c3ccccc23)s1.COS(=O)(=O)[O-]. The van der Waals surface area contributed by atoms with E-state index in [-0.39, 0.29) is 0 Å². The van der Waals surface area contributed by atoms with Gasteiger partial charge in [-0.1, -0.05) is 48.5 Å². The summed E-state index contributed by atoms with van der Waals surface area (Å²) in [5.41, 5.74) is 4.04. The topological polar surface area (TPSA) is 114 Å². The van der Waals surface area contributed by atoms with Crippen LogP contribution >= 0.6 is 11.3 Å². The molecule has 0 aliphatic heterocycles. The normalized spacial score (nSPS) is 11.6. The van der Waals surface area contributed by atoms with Crippen LogP contribution in [0.25, 0.3) is 22.2 Å². The largest absolute Gasteiger partial charge is 0.726 e. The van der Waals surface area contributed by atoms with E-state index in [4.69, 9.17) is 5.11 Å². The molecule has 0 bridgehead atoms. The summed E-state index contributed by atoms with van der Waals surface area (Å²) < 4.78 is 33.1. The third-order valence-corrected chi connectivity index (χ3v) is 6.59. The first-order valence-electron chi connectivity index (χ1n) is 10.6. The second-order valence-electron chi connectivity index (χ2n) is 7.17. The van der Waals surface area contributed by atoms with Gasteiger partial charge in [-0.3, -0.25) is 4.18 Å². The highest BCUT2D eigenvalue weighted by atomic mass is 32.3. The molecule has 0 atom stereocenters. The minimum atomic E-state index is -4.41. The Labute approximate surface area is 203 Å². The fraction of sp³-hybridized carbons (Fsp3) is 0.261. The van der Waals surface area contributed by atoms with Gasteiger partial charge in [-0.05, 0) is 36.4 Å². The molecule has 0 saturated heterocycles. The number of thiazole rings is 1. The van der Waals surface area contributed by atoms with Gasteiger partial charge in [-0.25, -0.2) is 13.0 Å². The molecule has 2 aromatic heterocycles. The number of nitrogens with one attached hydrogen (secondary N) is 1. The maximum Gasteiger partial charge on any atom is 0.410 e. The van der Waals surface area contributed by atoms with Crippen molar-refractivity contribution in [2.45, 2.75) is 13.8 Å². The standard InChI is InChI=1S/C22H23N5S.CH4O4S/c1-4-27(5-2)19-15-26(3)22(28-19)25-24-21-17-13-9-10-14-18(17)23-20(21)16-11-7-6-8-12-16;1-5-6(2,3)4/h6-15H,4-5H2,1-3H3;1H3,(H,2,3,4). The second kappa shape index (κ2) is 11.3. The number of hydrogen-bond donors (Lipinski definition) is 1. The lowest BCUT2D eigenvalue weighted by molar-refractivity contribution is -0.653. The van der Waals surface area contributed by atoms with E-state index in [2.05, 4.69) is 63.5 Å². The molecular weight excluding hydrogens is 474 g/mol. The molecule has 34 heavy (non-hydrogen) atoms. The van der Waals surface area contributed by atoms with Gasteiger partial charge >= 0.3 is 5.13 Å². The Bertz CT molecular complexity index is 1360. The van der Waals surface area contributed by atoms with Crippen molar-refractivity contribution in [2.75, 3.05) is 25.1 Å². The van der Waals surface area contributed by atoms with Crippen LogP contribution in [-0.4, -0.2) is 38.2 Å². The Hall–Kier alpha value is -3.12. The lowest BCUT2D eigenvalue weighted by Crippen LogP contribution is -2.26. The Morgan fingerprint density at radius 2 is 1.68 bits per heavy atom. The zero-order valence-corrected chi connectivity index (χ0v) is 21.1. The Morgan fingerprint density at radius 3 is 2.29 bits per heavy atom. The molecule has 0 amide bonds. The molecule has 0 radical (unpaired) electrons. The minimum absolute atomic E-state index is 0.808. The van der Waals surface area contributed by atoms with E-state index in [9.17, 15) is 13.0 Å². The van der Waals surface area contributed by atoms with Crippen molar-refractivity contribution in [3.63, 3.8) is 0 Å². The smallest absolute Gasteiger partial charge is 0.410 e. The van der Waals surface area contributed by atoms with Gasteiger partial charge in [0.25, 0.3) is 0 Å². The summed E-state index contributed by atoms with van der Waals surface area (Å²) in [6, 6.07) is 18.5. The fourth-order valence-electron chi connectivity index (χ4n) is 3.32. The van der Waals surface area contributed by atoms with Gasteiger partial charge in [0, 0.05) is 29.6 Å². The summed E-state index contributed by atoms with van der Waals surface area (Å²) in [5, 5.41) is 12.5. The number of nitrogens with zero attached hydrogens (tertiary/aromatic N) is 4. The monoisotopic (exact) mass is 501 g/mol. The van der Waals surface area contributed by atoms with E-state index in [1.54, 1.807) is 11.3 Å². The highest BCUT2D eigenvalue weighted by Gasteiger charge is 2.19.